The van der Waals surface area contributed by atoms with Crippen LogP contribution in [0.5, 0.6) is 0 Å². The molecule has 3 heteroatoms. The van der Waals surface area contributed by atoms with Crippen molar-refractivity contribution in [1.29, 1.82) is 0 Å². The van der Waals surface area contributed by atoms with Crippen LogP contribution >= 0.6 is 0 Å². The Balaban J connectivity index is 1.79. The van der Waals surface area contributed by atoms with Crippen molar-refractivity contribution < 1.29 is 14.6 Å². The molecule has 0 radical (unpaired) electrons. The molecule has 3 unspecified atom stereocenters. The lowest BCUT2D eigenvalue weighted by molar-refractivity contribution is -0.109. The summed E-state index contributed by atoms with van der Waals surface area (Å²) < 4.78 is 5.65. The number of aliphatic hydroxyl groups excluding tert-OH is 1. The Morgan fingerprint density at radius 3 is 2.72 bits per heavy atom. The monoisotopic (exact) mass is 246 g/mol. The highest BCUT2D eigenvalue weighted by Crippen LogP contribution is 2.28. The summed E-state index contributed by atoms with van der Waals surface area (Å²) >= 11 is 0. The number of carbonyl (C=O) groups is 1. The Labute approximate surface area is 107 Å². The van der Waals surface area contributed by atoms with Crippen LogP contribution in [0.2, 0.25) is 0 Å². The van der Waals surface area contributed by atoms with E-state index in [9.17, 15) is 9.90 Å². The largest absolute Gasteiger partial charge is 0.389 e. The van der Waals surface area contributed by atoms with Crippen LogP contribution in [0.1, 0.15) is 12.0 Å². The van der Waals surface area contributed by atoms with Gasteiger partial charge in [-0.25, -0.2) is 0 Å². The van der Waals surface area contributed by atoms with Crippen molar-refractivity contribution in [2.24, 2.45) is 11.8 Å². The molecule has 0 saturated carbocycles. The SMILES string of the molecule is O=CCC1C(O)C=CC1COCc1ccccc1. The molecule has 1 aliphatic rings. The third-order valence-electron chi connectivity index (χ3n) is 3.33. The van der Waals surface area contributed by atoms with E-state index in [-0.39, 0.29) is 11.8 Å². The van der Waals surface area contributed by atoms with Crippen LogP contribution < -0.4 is 0 Å². The number of ether oxygens (including phenoxy) is 1. The third-order valence-corrected chi connectivity index (χ3v) is 3.33. The van der Waals surface area contributed by atoms with E-state index in [1.807, 2.05) is 36.4 Å². The highest BCUT2D eigenvalue weighted by molar-refractivity contribution is 5.50. The first kappa shape index (κ1) is 13.0. The first-order valence-electron chi connectivity index (χ1n) is 6.23. The molecule has 0 heterocycles. The molecular weight excluding hydrogens is 228 g/mol. The molecule has 1 aliphatic carbocycles. The number of hydrogen-bond donors (Lipinski definition) is 1. The molecule has 3 atom stereocenters. The molecule has 96 valence electrons. The minimum absolute atomic E-state index is 0.0294. The molecule has 1 aromatic carbocycles. The van der Waals surface area contributed by atoms with Crippen LogP contribution in [0.3, 0.4) is 0 Å². The van der Waals surface area contributed by atoms with Crippen molar-refractivity contribution in [2.45, 2.75) is 19.1 Å². The average Bonchev–Trinajstić information content (AvgIpc) is 2.73. The summed E-state index contributed by atoms with van der Waals surface area (Å²) in [6.07, 6.45) is 4.44. The Kier molecular flexibility index (Phi) is 4.67. The predicted octanol–water partition coefficient (Wildman–Crippen LogP) is 1.96. The Morgan fingerprint density at radius 1 is 1.22 bits per heavy atom. The molecule has 3 nitrogen and oxygen atoms in total. The van der Waals surface area contributed by atoms with Gasteiger partial charge in [0.25, 0.3) is 0 Å². The van der Waals surface area contributed by atoms with E-state index < -0.39 is 6.10 Å². The number of carbonyl (C=O) groups excluding carboxylic acids is 1. The normalized spacial score (nSPS) is 26.4. The van der Waals surface area contributed by atoms with Crippen LogP contribution in [-0.2, 0) is 16.1 Å². The lowest BCUT2D eigenvalue weighted by Crippen LogP contribution is -2.23. The van der Waals surface area contributed by atoms with Gasteiger partial charge < -0.3 is 14.6 Å². The van der Waals surface area contributed by atoms with Gasteiger partial charge in [-0.05, 0) is 5.56 Å². The maximum atomic E-state index is 10.6. The summed E-state index contributed by atoms with van der Waals surface area (Å²) in [5.74, 6) is 0.104. The fourth-order valence-corrected chi connectivity index (χ4v) is 2.29. The Hall–Kier alpha value is -1.45. The van der Waals surface area contributed by atoms with Gasteiger partial charge in [-0.2, -0.15) is 0 Å². The molecule has 18 heavy (non-hydrogen) atoms. The minimum atomic E-state index is -0.513. The maximum Gasteiger partial charge on any atom is 0.120 e. The average molecular weight is 246 g/mol. The van der Waals surface area contributed by atoms with Gasteiger partial charge in [-0.1, -0.05) is 42.5 Å². The zero-order chi connectivity index (χ0) is 12.8. The second-order valence-electron chi connectivity index (χ2n) is 4.61. The van der Waals surface area contributed by atoms with E-state index in [1.165, 1.54) is 0 Å². The van der Waals surface area contributed by atoms with Gasteiger partial charge in [-0.3, -0.25) is 0 Å². The van der Waals surface area contributed by atoms with Gasteiger partial charge in [0.15, 0.2) is 0 Å². The molecule has 0 spiro atoms. The maximum absolute atomic E-state index is 10.6. The van der Waals surface area contributed by atoms with Crippen LogP contribution in [-0.4, -0.2) is 24.1 Å². The van der Waals surface area contributed by atoms with Crippen molar-refractivity contribution >= 4 is 6.29 Å². The van der Waals surface area contributed by atoms with Crippen molar-refractivity contribution in [1.82, 2.24) is 0 Å². The van der Waals surface area contributed by atoms with Crippen LogP contribution in [0, 0.1) is 11.8 Å². The van der Waals surface area contributed by atoms with Gasteiger partial charge in [0.05, 0.1) is 19.3 Å². The summed E-state index contributed by atoms with van der Waals surface area (Å²) in [5.41, 5.74) is 1.13. The first-order chi connectivity index (χ1) is 8.81. The number of aliphatic hydroxyl groups is 1. The van der Waals surface area contributed by atoms with Crippen molar-refractivity contribution in [3.63, 3.8) is 0 Å². The molecule has 2 rings (SSSR count). The van der Waals surface area contributed by atoms with Gasteiger partial charge in [0.2, 0.25) is 0 Å². The second-order valence-corrected chi connectivity index (χ2v) is 4.61. The van der Waals surface area contributed by atoms with Gasteiger partial charge in [0, 0.05) is 18.3 Å². The van der Waals surface area contributed by atoms with Gasteiger partial charge >= 0.3 is 0 Å². The number of hydrogen-bond acceptors (Lipinski definition) is 3. The molecule has 0 amide bonds. The fraction of sp³-hybridized carbons (Fsp3) is 0.400. The van der Waals surface area contributed by atoms with E-state index in [4.69, 9.17) is 4.74 Å². The summed E-state index contributed by atoms with van der Waals surface area (Å²) in [6, 6.07) is 9.96. The molecule has 1 N–H and O–H groups in total. The summed E-state index contributed by atoms with van der Waals surface area (Å²) in [6.45, 7) is 1.11. The molecule has 1 aromatic rings. The second kappa shape index (κ2) is 6.47. The summed E-state index contributed by atoms with van der Waals surface area (Å²) in [7, 11) is 0. The predicted molar refractivity (Wildman–Crippen MR) is 68.9 cm³/mol. The van der Waals surface area contributed by atoms with E-state index in [2.05, 4.69) is 0 Å². The minimum Gasteiger partial charge on any atom is -0.389 e. The third kappa shape index (κ3) is 3.28. The highest BCUT2D eigenvalue weighted by atomic mass is 16.5. The van der Waals surface area contributed by atoms with Crippen molar-refractivity contribution in [3.8, 4) is 0 Å². The van der Waals surface area contributed by atoms with Gasteiger partial charge in [0.1, 0.15) is 6.29 Å². The number of benzene rings is 1. The van der Waals surface area contributed by atoms with Crippen LogP contribution in [0.25, 0.3) is 0 Å². The number of aldehydes is 1. The molecule has 0 aromatic heterocycles. The Bertz CT molecular complexity index is 399. The molecule has 0 aliphatic heterocycles. The van der Waals surface area contributed by atoms with E-state index in [1.54, 1.807) is 6.08 Å². The standard InChI is InChI=1S/C15H18O3/c16-9-8-14-13(6-7-15(14)17)11-18-10-12-4-2-1-3-5-12/h1-7,9,13-15,17H,8,10-11H2. The smallest absolute Gasteiger partial charge is 0.120 e. The molecule has 0 fully saturated rings. The van der Waals surface area contributed by atoms with Crippen molar-refractivity contribution in [3.05, 3.63) is 48.0 Å². The highest BCUT2D eigenvalue weighted by Gasteiger charge is 2.29. The Morgan fingerprint density at radius 2 is 2.00 bits per heavy atom. The van der Waals surface area contributed by atoms with Crippen molar-refractivity contribution in [2.75, 3.05) is 6.61 Å². The molecular formula is C15H18O3. The lowest BCUT2D eigenvalue weighted by atomic mass is 9.92. The van der Waals surface area contributed by atoms with E-state index >= 15 is 0 Å². The van der Waals surface area contributed by atoms with Gasteiger partial charge in [-0.15, -0.1) is 0 Å². The first-order valence-corrected chi connectivity index (χ1v) is 6.23. The molecule has 0 bridgehead atoms. The van der Waals surface area contributed by atoms with Crippen LogP contribution in [0.15, 0.2) is 42.5 Å². The topological polar surface area (TPSA) is 46.5 Å². The van der Waals surface area contributed by atoms with E-state index in [0.717, 1.165) is 11.8 Å². The summed E-state index contributed by atoms with van der Waals surface area (Å²) in [5, 5.41) is 9.71. The lowest BCUT2D eigenvalue weighted by Gasteiger charge is -2.20. The quantitative estimate of drug-likeness (QED) is 0.616. The zero-order valence-corrected chi connectivity index (χ0v) is 10.2. The van der Waals surface area contributed by atoms with Crippen LogP contribution in [0.4, 0.5) is 0 Å². The molecule has 0 saturated heterocycles. The fourth-order valence-electron chi connectivity index (χ4n) is 2.29. The number of rotatable bonds is 6. The summed E-state index contributed by atoms with van der Waals surface area (Å²) in [4.78, 5) is 10.6. The zero-order valence-electron chi connectivity index (χ0n) is 10.2. The van der Waals surface area contributed by atoms with E-state index in [0.29, 0.717) is 19.6 Å².